The predicted octanol–water partition coefficient (Wildman–Crippen LogP) is 0.799. The second kappa shape index (κ2) is 4.17. The molecule has 0 aromatic heterocycles. The number of hydrogen-bond donors (Lipinski definition) is 1. The van der Waals surface area contributed by atoms with Crippen molar-refractivity contribution in [3.05, 3.63) is 0 Å². The molecule has 1 rings (SSSR count). The molecule has 1 aliphatic heterocycles. The normalized spacial score (nSPS) is 27.0. The minimum absolute atomic E-state index is 0.209. The van der Waals surface area contributed by atoms with Gasteiger partial charge in [0.25, 0.3) is 0 Å². The first kappa shape index (κ1) is 13.2. The van der Waals surface area contributed by atoms with Crippen LogP contribution in [0.3, 0.4) is 0 Å². The summed E-state index contributed by atoms with van der Waals surface area (Å²) in [7, 11) is 0. The summed E-state index contributed by atoms with van der Waals surface area (Å²) >= 11 is 0. The number of hydrogen-bond acceptors (Lipinski definition) is 3. The largest absolute Gasteiger partial charge is 0.369 e. The Morgan fingerprint density at radius 1 is 1.38 bits per heavy atom. The van der Waals surface area contributed by atoms with Gasteiger partial charge in [0.1, 0.15) is 0 Å². The Morgan fingerprint density at radius 2 is 1.94 bits per heavy atom. The van der Waals surface area contributed by atoms with Gasteiger partial charge in [-0.15, -0.1) is 0 Å². The lowest BCUT2D eigenvalue weighted by Gasteiger charge is -2.23. The van der Waals surface area contributed by atoms with Crippen molar-refractivity contribution in [3.8, 4) is 0 Å². The molecule has 2 N–H and O–H groups in total. The van der Waals surface area contributed by atoms with Crippen LogP contribution in [-0.4, -0.2) is 36.2 Å². The molecule has 1 aliphatic rings. The summed E-state index contributed by atoms with van der Waals surface area (Å²) in [6, 6.07) is 0. The van der Waals surface area contributed by atoms with Crippen LogP contribution in [0.1, 0.15) is 34.1 Å². The smallest absolute Gasteiger partial charge is 0.224 e. The number of nitrogens with zero attached hydrogens (tertiary/aromatic N) is 1. The van der Waals surface area contributed by atoms with Crippen LogP contribution in [0.2, 0.25) is 0 Å². The molecule has 0 aliphatic carbocycles. The summed E-state index contributed by atoms with van der Waals surface area (Å²) in [5.41, 5.74) is 4.59. The van der Waals surface area contributed by atoms with Gasteiger partial charge in [-0.2, -0.15) is 0 Å². The topological polar surface area (TPSA) is 63.4 Å². The molecular formula is C12H22N2O2. The Kier molecular flexibility index (Phi) is 3.43. The lowest BCUT2D eigenvalue weighted by Crippen LogP contribution is -2.39. The summed E-state index contributed by atoms with van der Waals surface area (Å²) in [5.74, 6) is -0.0561. The summed E-state index contributed by atoms with van der Waals surface area (Å²) in [6.07, 6.45) is 0.750. The van der Waals surface area contributed by atoms with Gasteiger partial charge in [-0.25, -0.2) is 0 Å². The van der Waals surface area contributed by atoms with Crippen LogP contribution < -0.4 is 5.73 Å². The summed E-state index contributed by atoms with van der Waals surface area (Å²) in [6.45, 7) is 9.42. The Morgan fingerprint density at radius 3 is 2.31 bits per heavy atom. The summed E-state index contributed by atoms with van der Waals surface area (Å²) in [4.78, 5) is 25.1. The average molecular weight is 226 g/mol. The highest BCUT2D eigenvalue weighted by molar-refractivity contribution is 5.86. The minimum atomic E-state index is -0.460. The molecule has 4 nitrogen and oxygen atoms in total. The minimum Gasteiger partial charge on any atom is -0.369 e. The quantitative estimate of drug-likeness (QED) is 0.774. The molecule has 1 amide bonds. The highest BCUT2D eigenvalue weighted by Gasteiger charge is 2.39. The highest BCUT2D eigenvalue weighted by Crippen LogP contribution is 2.29. The fraction of sp³-hybridized carbons (Fsp3) is 0.833. The standard InChI is InChI=1S/C12H22N2O2/c1-11(2,3)9(15)7-14-6-5-12(4,8-14)10(13)16/h5-8H2,1-4H3,(H2,13,16). The fourth-order valence-corrected chi connectivity index (χ4v) is 1.83. The second-order valence-corrected chi connectivity index (χ2v) is 6.06. The molecule has 1 fully saturated rings. The Balaban J connectivity index is 2.56. The van der Waals surface area contributed by atoms with Gasteiger partial charge in [-0.1, -0.05) is 20.8 Å². The van der Waals surface area contributed by atoms with Gasteiger partial charge >= 0.3 is 0 Å². The van der Waals surface area contributed by atoms with Crippen molar-refractivity contribution in [2.75, 3.05) is 19.6 Å². The van der Waals surface area contributed by atoms with E-state index >= 15 is 0 Å². The van der Waals surface area contributed by atoms with Gasteiger partial charge in [-0.3, -0.25) is 14.5 Å². The predicted molar refractivity (Wildman–Crippen MR) is 62.8 cm³/mol. The number of rotatable bonds is 3. The number of nitrogens with two attached hydrogens (primary N) is 1. The zero-order chi connectivity index (χ0) is 12.6. The lowest BCUT2D eigenvalue weighted by molar-refractivity contribution is -0.129. The van der Waals surface area contributed by atoms with E-state index in [2.05, 4.69) is 0 Å². The molecule has 16 heavy (non-hydrogen) atoms. The third kappa shape index (κ3) is 2.82. The molecule has 4 heteroatoms. The van der Waals surface area contributed by atoms with E-state index in [0.29, 0.717) is 13.1 Å². The SMILES string of the molecule is CC(C)(C)C(=O)CN1CCC(C)(C(N)=O)C1. The molecule has 0 bridgehead atoms. The number of carbonyl (C=O) groups is 2. The van der Waals surface area contributed by atoms with Crippen molar-refractivity contribution in [2.24, 2.45) is 16.6 Å². The first-order chi connectivity index (χ1) is 7.15. The molecule has 1 heterocycles. The van der Waals surface area contributed by atoms with E-state index in [1.54, 1.807) is 0 Å². The molecule has 1 unspecified atom stereocenters. The maximum atomic E-state index is 11.8. The number of amides is 1. The highest BCUT2D eigenvalue weighted by atomic mass is 16.1. The summed E-state index contributed by atoms with van der Waals surface area (Å²) in [5, 5.41) is 0. The van der Waals surface area contributed by atoms with Gasteiger partial charge in [-0.05, 0) is 19.9 Å². The number of likely N-dealkylation sites (tertiary alicyclic amines) is 1. The van der Waals surface area contributed by atoms with E-state index in [1.807, 2.05) is 32.6 Å². The van der Waals surface area contributed by atoms with E-state index in [0.717, 1.165) is 13.0 Å². The number of Topliss-reactive ketones (excluding diaryl/α,β-unsaturated/α-hetero) is 1. The molecule has 0 aromatic carbocycles. The molecule has 0 saturated carbocycles. The average Bonchev–Trinajstić information content (AvgIpc) is 2.47. The van der Waals surface area contributed by atoms with Crippen molar-refractivity contribution in [2.45, 2.75) is 34.1 Å². The molecule has 0 spiro atoms. The van der Waals surface area contributed by atoms with Crippen molar-refractivity contribution in [1.82, 2.24) is 4.90 Å². The molecule has 0 aromatic rings. The van der Waals surface area contributed by atoms with E-state index < -0.39 is 5.41 Å². The fourth-order valence-electron chi connectivity index (χ4n) is 1.83. The number of carbonyl (C=O) groups excluding carboxylic acids is 2. The van der Waals surface area contributed by atoms with Gasteiger partial charge in [0.15, 0.2) is 5.78 Å². The van der Waals surface area contributed by atoms with Crippen molar-refractivity contribution < 1.29 is 9.59 Å². The maximum Gasteiger partial charge on any atom is 0.224 e. The van der Waals surface area contributed by atoms with Crippen LogP contribution in [0.15, 0.2) is 0 Å². The maximum absolute atomic E-state index is 11.8. The van der Waals surface area contributed by atoms with Crippen LogP contribution in [-0.2, 0) is 9.59 Å². The van der Waals surface area contributed by atoms with E-state index in [-0.39, 0.29) is 17.1 Å². The van der Waals surface area contributed by atoms with E-state index in [9.17, 15) is 9.59 Å². The summed E-state index contributed by atoms with van der Waals surface area (Å²) < 4.78 is 0. The van der Waals surface area contributed by atoms with Crippen molar-refractivity contribution in [3.63, 3.8) is 0 Å². The zero-order valence-corrected chi connectivity index (χ0v) is 10.7. The van der Waals surface area contributed by atoms with Crippen molar-refractivity contribution in [1.29, 1.82) is 0 Å². The first-order valence-electron chi connectivity index (χ1n) is 5.71. The molecule has 1 saturated heterocycles. The number of ketones is 1. The van der Waals surface area contributed by atoms with Gasteiger partial charge < -0.3 is 5.73 Å². The molecule has 92 valence electrons. The third-order valence-corrected chi connectivity index (χ3v) is 3.35. The van der Waals surface area contributed by atoms with Crippen molar-refractivity contribution >= 4 is 11.7 Å². The first-order valence-corrected chi connectivity index (χ1v) is 5.71. The molecular weight excluding hydrogens is 204 g/mol. The zero-order valence-electron chi connectivity index (χ0n) is 10.7. The Hall–Kier alpha value is -0.900. The van der Waals surface area contributed by atoms with Crippen LogP contribution in [0.4, 0.5) is 0 Å². The molecule has 1 atom stereocenters. The molecule has 0 radical (unpaired) electrons. The van der Waals surface area contributed by atoms with E-state index in [4.69, 9.17) is 5.73 Å². The van der Waals surface area contributed by atoms with E-state index in [1.165, 1.54) is 0 Å². The lowest BCUT2D eigenvalue weighted by atomic mass is 9.89. The van der Waals surface area contributed by atoms with Gasteiger partial charge in [0, 0.05) is 12.0 Å². The van der Waals surface area contributed by atoms with Crippen LogP contribution in [0.25, 0.3) is 0 Å². The van der Waals surface area contributed by atoms with Crippen LogP contribution >= 0.6 is 0 Å². The number of primary amides is 1. The van der Waals surface area contributed by atoms with Gasteiger partial charge in [0.2, 0.25) is 5.91 Å². The second-order valence-electron chi connectivity index (χ2n) is 6.06. The van der Waals surface area contributed by atoms with Crippen LogP contribution in [0.5, 0.6) is 0 Å². The van der Waals surface area contributed by atoms with Gasteiger partial charge in [0.05, 0.1) is 12.0 Å². The third-order valence-electron chi connectivity index (χ3n) is 3.35. The van der Waals surface area contributed by atoms with Crippen LogP contribution in [0, 0.1) is 10.8 Å². The Labute approximate surface area is 97.2 Å². The Bertz CT molecular complexity index is 307. The monoisotopic (exact) mass is 226 g/mol.